The third kappa shape index (κ3) is 3.05. The maximum absolute atomic E-state index is 12.0. The van der Waals surface area contributed by atoms with Crippen LogP contribution >= 0.6 is 0 Å². The molecule has 0 amide bonds. The van der Waals surface area contributed by atoms with E-state index >= 15 is 0 Å². The summed E-state index contributed by atoms with van der Waals surface area (Å²) in [6.07, 6.45) is 5.08. The van der Waals surface area contributed by atoms with E-state index in [9.17, 15) is 8.42 Å². The van der Waals surface area contributed by atoms with E-state index < -0.39 is 9.84 Å². The molecule has 0 fully saturated rings. The first-order valence-electron chi connectivity index (χ1n) is 5.54. The summed E-state index contributed by atoms with van der Waals surface area (Å²) in [7, 11) is -3.38. The van der Waals surface area contributed by atoms with Crippen LogP contribution in [-0.4, -0.2) is 8.42 Å². The van der Waals surface area contributed by atoms with Gasteiger partial charge in [-0.05, 0) is 19.1 Å². The number of pyridine rings is 1. The van der Waals surface area contributed by atoms with Gasteiger partial charge in [0.2, 0.25) is 9.84 Å². The molecule has 0 unspecified atom stereocenters. The van der Waals surface area contributed by atoms with Gasteiger partial charge >= 0.3 is 0 Å². The van der Waals surface area contributed by atoms with Gasteiger partial charge in [0.25, 0.3) is 0 Å². The molecular weight excluding hydrogens is 246 g/mol. The highest BCUT2D eigenvalue weighted by Gasteiger charge is 2.10. The third-order valence-corrected chi connectivity index (χ3v) is 3.91. The Balaban J connectivity index is 2.28. The molecule has 0 aliphatic rings. The fourth-order valence-electron chi connectivity index (χ4n) is 1.47. The third-order valence-electron chi connectivity index (χ3n) is 2.50. The maximum Gasteiger partial charge on any atom is 0.205 e. The van der Waals surface area contributed by atoms with Crippen molar-refractivity contribution < 1.29 is 13.0 Å². The number of sulfone groups is 1. The lowest BCUT2D eigenvalue weighted by atomic mass is 10.2. The molecule has 2 aromatic rings. The lowest BCUT2D eigenvalue weighted by Crippen LogP contribution is -2.24. The Labute approximate surface area is 107 Å². The highest BCUT2D eigenvalue weighted by Crippen LogP contribution is 2.12. The second kappa shape index (κ2) is 5.14. The average molecular weight is 260 g/mol. The molecule has 3 nitrogen and oxygen atoms in total. The Morgan fingerprint density at radius 1 is 1.00 bits per heavy atom. The smallest absolute Gasteiger partial charge is 0.205 e. The first-order valence-corrected chi connectivity index (χ1v) is 7.08. The Kier molecular flexibility index (Phi) is 3.58. The van der Waals surface area contributed by atoms with E-state index in [1.807, 2.05) is 25.1 Å². The molecular formula is C14H14NO2S+. The SMILES string of the molecule is Cc1ccc(S(=O)(=O)C=C[n+]2ccccc2)cc1. The molecule has 0 saturated heterocycles. The molecule has 1 aromatic heterocycles. The van der Waals surface area contributed by atoms with Crippen molar-refractivity contribution in [1.29, 1.82) is 0 Å². The molecule has 1 heterocycles. The van der Waals surface area contributed by atoms with Crippen LogP contribution < -0.4 is 4.57 Å². The van der Waals surface area contributed by atoms with Crippen LogP contribution in [0.2, 0.25) is 0 Å². The predicted molar refractivity (Wildman–Crippen MR) is 70.3 cm³/mol. The van der Waals surface area contributed by atoms with Gasteiger partial charge in [0, 0.05) is 12.1 Å². The number of aryl methyl sites for hydroxylation is 1. The Morgan fingerprint density at radius 3 is 2.22 bits per heavy atom. The lowest BCUT2D eigenvalue weighted by Gasteiger charge is -1.98. The highest BCUT2D eigenvalue weighted by atomic mass is 32.2. The fraction of sp³-hybridized carbons (Fsp3) is 0.0714. The summed E-state index contributed by atoms with van der Waals surface area (Å²) in [5, 5.41) is 1.21. The second-order valence-corrected chi connectivity index (χ2v) is 5.80. The molecule has 92 valence electrons. The van der Waals surface area contributed by atoms with Crippen molar-refractivity contribution in [3.05, 3.63) is 65.8 Å². The van der Waals surface area contributed by atoms with E-state index in [-0.39, 0.29) is 0 Å². The maximum atomic E-state index is 12.0. The first kappa shape index (κ1) is 12.5. The number of benzene rings is 1. The van der Waals surface area contributed by atoms with Gasteiger partial charge in [0.15, 0.2) is 18.6 Å². The van der Waals surface area contributed by atoms with Crippen molar-refractivity contribution in [2.24, 2.45) is 0 Å². The van der Waals surface area contributed by atoms with Crippen molar-refractivity contribution in [3.63, 3.8) is 0 Å². The molecule has 0 saturated carbocycles. The Hall–Kier alpha value is -1.94. The predicted octanol–water partition coefficient (Wildman–Crippen LogP) is 2.18. The van der Waals surface area contributed by atoms with E-state index in [0.29, 0.717) is 4.90 Å². The number of nitrogens with zero attached hydrogens (tertiary/aromatic N) is 1. The van der Waals surface area contributed by atoms with Crippen LogP contribution in [0.5, 0.6) is 0 Å². The lowest BCUT2D eigenvalue weighted by molar-refractivity contribution is -0.568. The summed E-state index contributed by atoms with van der Waals surface area (Å²) in [5.74, 6) is 0. The number of rotatable bonds is 3. The van der Waals surface area contributed by atoms with Crippen LogP contribution in [0, 0.1) is 6.92 Å². The topological polar surface area (TPSA) is 38.0 Å². The minimum atomic E-state index is -3.38. The number of hydrogen-bond donors (Lipinski definition) is 0. The van der Waals surface area contributed by atoms with E-state index in [0.717, 1.165) is 5.56 Å². The molecule has 0 aliphatic carbocycles. The summed E-state index contributed by atoms with van der Waals surface area (Å²) in [6.45, 7) is 1.92. The largest absolute Gasteiger partial charge is 0.219 e. The normalized spacial score (nSPS) is 11.8. The zero-order valence-electron chi connectivity index (χ0n) is 10.0. The highest BCUT2D eigenvalue weighted by molar-refractivity contribution is 7.94. The molecule has 18 heavy (non-hydrogen) atoms. The van der Waals surface area contributed by atoms with Crippen LogP contribution in [0.25, 0.3) is 6.20 Å². The Bertz CT molecular complexity index is 644. The van der Waals surface area contributed by atoms with Gasteiger partial charge in [-0.1, -0.05) is 23.8 Å². The minimum Gasteiger partial charge on any atom is -0.219 e. The van der Waals surface area contributed by atoms with E-state index in [1.165, 1.54) is 11.6 Å². The van der Waals surface area contributed by atoms with Crippen molar-refractivity contribution >= 4 is 16.0 Å². The number of hydrogen-bond acceptors (Lipinski definition) is 2. The summed E-state index contributed by atoms with van der Waals surface area (Å²) in [5.41, 5.74) is 1.04. The monoisotopic (exact) mass is 260 g/mol. The van der Waals surface area contributed by atoms with E-state index in [4.69, 9.17) is 0 Å². The molecule has 0 spiro atoms. The molecule has 0 aliphatic heterocycles. The first-order chi connectivity index (χ1) is 8.58. The van der Waals surface area contributed by atoms with E-state index in [2.05, 4.69) is 0 Å². The quantitative estimate of drug-likeness (QED) is 0.793. The van der Waals surface area contributed by atoms with Crippen molar-refractivity contribution in [3.8, 4) is 0 Å². The van der Waals surface area contributed by atoms with Crippen LogP contribution in [0.1, 0.15) is 5.56 Å². The van der Waals surface area contributed by atoms with Crippen molar-refractivity contribution in [2.45, 2.75) is 11.8 Å². The zero-order chi connectivity index (χ0) is 13.0. The van der Waals surface area contributed by atoms with Gasteiger partial charge in [0.05, 0.1) is 10.3 Å². The second-order valence-electron chi connectivity index (χ2n) is 3.97. The van der Waals surface area contributed by atoms with Crippen LogP contribution in [-0.2, 0) is 9.84 Å². The van der Waals surface area contributed by atoms with Gasteiger partial charge in [0.1, 0.15) is 0 Å². The summed E-state index contributed by atoms with van der Waals surface area (Å²) < 4.78 is 25.7. The summed E-state index contributed by atoms with van der Waals surface area (Å²) in [4.78, 5) is 0.306. The van der Waals surface area contributed by atoms with Crippen LogP contribution in [0.15, 0.2) is 65.2 Å². The number of aromatic nitrogens is 1. The van der Waals surface area contributed by atoms with Gasteiger partial charge in [-0.3, -0.25) is 0 Å². The van der Waals surface area contributed by atoms with Crippen LogP contribution in [0.4, 0.5) is 0 Å². The fourth-order valence-corrected chi connectivity index (χ4v) is 2.44. The van der Waals surface area contributed by atoms with Crippen molar-refractivity contribution in [2.75, 3.05) is 0 Å². The van der Waals surface area contributed by atoms with Gasteiger partial charge < -0.3 is 0 Å². The molecule has 0 N–H and O–H groups in total. The minimum absolute atomic E-state index is 0.306. The zero-order valence-corrected chi connectivity index (χ0v) is 10.8. The molecule has 0 atom stereocenters. The average Bonchev–Trinajstić information content (AvgIpc) is 2.38. The van der Waals surface area contributed by atoms with E-state index in [1.54, 1.807) is 41.2 Å². The van der Waals surface area contributed by atoms with Crippen LogP contribution in [0.3, 0.4) is 0 Å². The Morgan fingerprint density at radius 2 is 1.61 bits per heavy atom. The molecule has 1 aromatic carbocycles. The summed E-state index contributed by atoms with van der Waals surface area (Å²) >= 11 is 0. The summed E-state index contributed by atoms with van der Waals surface area (Å²) in [6, 6.07) is 12.4. The molecule has 0 radical (unpaired) electrons. The van der Waals surface area contributed by atoms with Gasteiger partial charge in [-0.25, -0.2) is 8.42 Å². The standard InChI is InChI=1S/C14H14NO2S/c1-13-5-7-14(8-6-13)18(16,17)12-11-15-9-3-2-4-10-15/h2-12H,1H3/q+1. The van der Waals surface area contributed by atoms with Gasteiger partial charge in [-0.2, -0.15) is 4.57 Å². The molecule has 4 heteroatoms. The molecule has 0 bridgehead atoms. The van der Waals surface area contributed by atoms with Gasteiger partial charge in [-0.15, -0.1) is 0 Å². The molecule has 2 rings (SSSR count). The van der Waals surface area contributed by atoms with Crippen molar-refractivity contribution in [1.82, 2.24) is 0 Å².